The summed E-state index contributed by atoms with van der Waals surface area (Å²) in [6.45, 7) is 1.23. The molecule has 0 saturated carbocycles. The highest BCUT2D eigenvalue weighted by atomic mass is 16.2. The Morgan fingerprint density at radius 2 is 1.86 bits per heavy atom. The van der Waals surface area contributed by atoms with Crippen molar-refractivity contribution >= 4 is 51.9 Å². The monoisotopic (exact) mass is 480 g/mol. The van der Waals surface area contributed by atoms with Crippen LogP contribution in [0.3, 0.4) is 0 Å². The van der Waals surface area contributed by atoms with Crippen molar-refractivity contribution in [2.24, 2.45) is 5.73 Å². The number of aromatic amines is 1. The number of pyridine rings is 1. The SMILES string of the molecule is NC(=O)/C(=C/c1c[nH]c2nccc(NC(=O)Cc3ccc(N4CCNC4=O)cc3)c12)c1ccccc1. The number of fused-ring (bicyclic) bond motifs is 1. The molecule has 1 fully saturated rings. The molecule has 9 heteroatoms. The first-order valence-corrected chi connectivity index (χ1v) is 11.5. The summed E-state index contributed by atoms with van der Waals surface area (Å²) < 4.78 is 0. The second kappa shape index (κ2) is 9.75. The molecule has 4 amide bonds. The molecule has 0 aliphatic carbocycles. The van der Waals surface area contributed by atoms with Crippen LogP contribution in [0.25, 0.3) is 22.7 Å². The van der Waals surface area contributed by atoms with Crippen molar-refractivity contribution in [2.75, 3.05) is 23.3 Å². The Hall–Kier alpha value is -4.92. The summed E-state index contributed by atoms with van der Waals surface area (Å²) in [6.07, 6.45) is 5.18. The Morgan fingerprint density at radius 3 is 2.56 bits per heavy atom. The van der Waals surface area contributed by atoms with Crippen molar-refractivity contribution in [3.05, 3.63) is 89.7 Å². The maximum absolute atomic E-state index is 12.9. The van der Waals surface area contributed by atoms with E-state index in [1.165, 1.54) is 0 Å². The highest BCUT2D eigenvalue weighted by Gasteiger charge is 2.21. The highest BCUT2D eigenvalue weighted by molar-refractivity contribution is 6.24. The molecule has 0 radical (unpaired) electrons. The van der Waals surface area contributed by atoms with Crippen LogP contribution < -0.4 is 21.3 Å². The summed E-state index contributed by atoms with van der Waals surface area (Å²) in [4.78, 5) is 46.0. The van der Waals surface area contributed by atoms with Crippen LogP contribution >= 0.6 is 0 Å². The van der Waals surface area contributed by atoms with E-state index in [4.69, 9.17) is 5.73 Å². The largest absolute Gasteiger partial charge is 0.366 e. The second-order valence-corrected chi connectivity index (χ2v) is 8.39. The summed E-state index contributed by atoms with van der Waals surface area (Å²) in [5.74, 6) is -0.761. The molecular weight excluding hydrogens is 456 g/mol. The van der Waals surface area contributed by atoms with Gasteiger partial charge in [0.1, 0.15) is 5.65 Å². The number of aromatic nitrogens is 2. The van der Waals surface area contributed by atoms with Crippen molar-refractivity contribution in [1.82, 2.24) is 15.3 Å². The Labute approximate surface area is 207 Å². The van der Waals surface area contributed by atoms with Gasteiger partial charge >= 0.3 is 6.03 Å². The molecule has 0 bridgehead atoms. The molecule has 1 aliphatic rings. The molecule has 9 nitrogen and oxygen atoms in total. The lowest BCUT2D eigenvalue weighted by Gasteiger charge is -2.14. The van der Waals surface area contributed by atoms with Gasteiger partial charge in [0.2, 0.25) is 11.8 Å². The number of hydrogen-bond donors (Lipinski definition) is 4. The Bertz CT molecular complexity index is 1470. The van der Waals surface area contributed by atoms with Crippen LogP contribution in [0.1, 0.15) is 16.7 Å². The first-order chi connectivity index (χ1) is 17.5. The first kappa shape index (κ1) is 22.9. The summed E-state index contributed by atoms with van der Waals surface area (Å²) in [6, 6.07) is 18.1. The number of benzene rings is 2. The van der Waals surface area contributed by atoms with E-state index < -0.39 is 5.91 Å². The van der Waals surface area contributed by atoms with Gasteiger partial charge in [0, 0.05) is 47.7 Å². The minimum Gasteiger partial charge on any atom is -0.366 e. The van der Waals surface area contributed by atoms with Crippen LogP contribution in [0.5, 0.6) is 0 Å². The van der Waals surface area contributed by atoms with Crippen molar-refractivity contribution < 1.29 is 14.4 Å². The smallest absolute Gasteiger partial charge is 0.321 e. The summed E-state index contributed by atoms with van der Waals surface area (Å²) in [5, 5.41) is 6.41. The number of carbonyl (C=O) groups excluding carboxylic acids is 3. The van der Waals surface area contributed by atoms with Gasteiger partial charge in [-0.15, -0.1) is 0 Å². The van der Waals surface area contributed by atoms with E-state index >= 15 is 0 Å². The number of H-pyrrole nitrogens is 1. The van der Waals surface area contributed by atoms with Gasteiger partial charge in [0.05, 0.1) is 12.1 Å². The predicted molar refractivity (Wildman–Crippen MR) is 139 cm³/mol. The number of anilines is 2. The maximum Gasteiger partial charge on any atom is 0.321 e. The van der Waals surface area contributed by atoms with Gasteiger partial charge in [0.15, 0.2) is 0 Å². The van der Waals surface area contributed by atoms with E-state index in [-0.39, 0.29) is 18.4 Å². The van der Waals surface area contributed by atoms with Crippen LogP contribution in [0.2, 0.25) is 0 Å². The number of nitrogens with two attached hydrogens (primary N) is 1. The van der Waals surface area contributed by atoms with Crippen LogP contribution in [-0.4, -0.2) is 40.9 Å². The lowest BCUT2D eigenvalue weighted by Crippen LogP contribution is -2.27. The van der Waals surface area contributed by atoms with Crippen molar-refractivity contribution in [1.29, 1.82) is 0 Å². The minimum atomic E-state index is -0.556. The second-order valence-electron chi connectivity index (χ2n) is 8.39. The number of primary amides is 1. The average Bonchev–Trinajstić information content (AvgIpc) is 3.50. The molecule has 0 unspecified atom stereocenters. The number of nitrogens with zero attached hydrogens (tertiary/aromatic N) is 2. The Balaban J connectivity index is 1.38. The molecule has 2 aromatic carbocycles. The molecule has 4 aromatic rings. The number of nitrogens with one attached hydrogen (secondary N) is 3. The Morgan fingerprint density at radius 1 is 1.08 bits per heavy atom. The van der Waals surface area contributed by atoms with Gasteiger partial charge in [0.25, 0.3) is 0 Å². The number of carbonyl (C=O) groups is 3. The van der Waals surface area contributed by atoms with Crippen molar-refractivity contribution in [3.63, 3.8) is 0 Å². The van der Waals surface area contributed by atoms with Crippen LogP contribution in [0.15, 0.2) is 73.1 Å². The van der Waals surface area contributed by atoms with Gasteiger partial charge in [-0.05, 0) is 35.4 Å². The van der Waals surface area contributed by atoms with Gasteiger partial charge in [-0.25, -0.2) is 9.78 Å². The molecule has 0 atom stereocenters. The van der Waals surface area contributed by atoms with Crippen LogP contribution in [-0.2, 0) is 16.0 Å². The summed E-state index contributed by atoms with van der Waals surface area (Å²) in [7, 11) is 0. The molecule has 5 N–H and O–H groups in total. The normalized spacial score (nSPS) is 13.6. The zero-order chi connectivity index (χ0) is 25.1. The molecule has 5 rings (SSSR count). The zero-order valence-corrected chi connectivity index (χ0v) is 19.3. The fourth-order valence-electron chi connectivity index (χ4n) is 4.26. The van der Waals surface area contributed by atoms with Gasteiger partial charge in [-0.2, -0.15) is 0 Å². The topological polar surface area (TPSA) is 133 Å². The number of rotatable bonds is 7. The van der Waals surface area contributed by atoms with Crippen LogP contribution in [0.4, 0.5) is 16.2 Å². The van der Waals surface area contributed by atoms with Gasteiger partial charge in [-0.3, -0.25) is 14.5 Å². The van der Waals surface area contributed by atoms with Crippen molar-refractivity contribution in [3.8, 4) is 0 Å². The number of urea groups is 1. The van der Waals surface area contributed by atoms with Crippen molar-refractivity contribution in [2.45, 2.75) is 6.42 Å². The van der Waals surface area contributed by atoms with E-state index in [0.29, 0.717) is 46.5 Å². The zero-order valence-electron chi connectivity index (χ0n) is 19.3. The third-order valence-corrected chi connectivity index (χ3v) is 6.00. The van der Waals surface area contributed by atoms with Gasteiger partial charge < -0.3 is 21.4 Å². The molecule has 3 heterocycles. The van der Waals surface area contributed by atoms with Gasteiger partial charge in [-0.1, -0.05) is 42.5 Å². The lowest BCUT2D eigenvalue weighted by atomic mass is 10.0. The van der Waals surface area contributed by atoms with E-state index in [9.17, 15) is 14.4 Å². The number of hydrogen-bond acceptors (Lipinski definition) is 4. The molecular formula is C27H24N6O3. The fraction of sp³-hybridized carbons (Fsp3) is 0.111. The fourth-order valence-corrected chi connectivity index (χ4v) is 4.26. The first-order valence-electron chi connectivity index (χ1n) is 11.5. The summed E-state index contributed by atoms with van der Waals surface area (Å²) >= 11 is 0. The van der Waals surface area contributed by atoms with E-state index in [2.05, 4.69) is 20.6 Å². The standard InChI is InChI=1S/C27H24N6O3/c28-25(35)21(18-4-2-1-3-5-18)15-19-16-31-26-24(19)22(10-11-29-26)32-23(34)14-17-6-8-20(9-7-17)33-13-12-30-27(33)36/h1-11,15-16H,12-14H2,(H2,28,35)(H,30,36)(H2,29,31,32,34)/b21-15+. The average molecular weight is 481 g/mol. The molecule has 36 heavy (non-hydrogen) atoms. The Kier molecular flexibility index (Phi) is 6.19. The molecule has 0 spiro atoms. The van der Waals surface area contributed by atoms with E-state index in [1.807, 2.05) is 54.6 Å². The lowest BCUT2D eigenvalue weighted by molar-refractivity contribution is -0.115. The molecule has 1 saturated heterocycles. The highest BCUT2D eigenvalue weighted by Crippen LogP contribution is 2.29. The quantitative estimate of drug-likeness (QED) is 0.302. The van der Waals surface area contributed by atoms with E-state index in [0.717, 1.165) is 11.3 Å². The van der Waals surface area contributed by atoms with Crippen LogP contribution in [0, 0.1) is 0 Å². The molecule has 180 valence electrons. The molecule has 1 aliphatic heterocycles. The maximum atomic E-state index is 12.9. The minimum absolute atomic E-state index is 0.120. The summed E-state index contributed by atoms with van der Waals surface area (Å²) in [5.41, 5.74) is 10.1. The predicted octanol–water partition coefficient (Wildman–Crippen LogP) is 3.30. The third kappa shape index (κ3) is 4.67. The third-order valence-electron chi connectivity index (χ3n) is 6.00. The number of amides is 4. The van der Waals surface area contributed by atoms with E-state index in [1.54, 1.807) is 29.4 Å². The molecule has 2 aromatic heterocycles.